The number of amides is 2. The number of carbonyl (C=O) groups excluding carboxylic acids is 2. The zero-order valence-corrected chi connectivity index (χ0v) is 15.3. The molecule has 25 heavy (non-hydrogen) atoms. The van der Waals surface area contributed by atoms with Gasteiger partial charge in [-0.1, -0.05) is 32.4 Å². The van der Waals surface area contributed by atoms with Gasteiger partial charge in [-0.25, -0.2) is 0 Å². The van der Waals surface area contributed by atoms with E-state index in [-0.39, 0.29) is 0 Å². The van der Waals surface area contributed by atoms with Gasteiger partial charge in [-0.15, -0.1) is 0 Å². The van der Waals surface area contributed by atoms with Crippen molar-refractivity contribution >= 4 is 23.2 Å². The van der Waals surface area contributed by atoms with Gasteiger partial charge in [0.1, 0.15) is 0 Å². The molecule has 0 bridgehead atoms. The zero-order valence-electron chi connectivity index (χ0n) is 15.3. The summed E-state index contributed by atoms with van der Waals surface area (Å²) in [7, 11) is 0. The van der Waals surface area contributed by atoms with Crippen molar-refractivity contribution in [3.63, 3.8) is 0 Å². The van der Waals surface area contributed by atoms with E-state index >= 15 is 0 Å². The van der Waals surface area contributed by atoms with Crippen LogP contribution in [0.5, 0.6) is 0 Å². The molecule has 138 valence electrons. The number of unbranched alkanes of at least 4 members (excludes halogenated alkanes) is 1. The second kappa shape index (κ2) is 10.0. The summed E-state index contributed by atoms with van der Waals surface area (Å²) in [5, 5.41) is 2.81. The van der Waals surface area contributed by atoms with Crippen LogP contribution in [0.3, 0.4) is 0 Å². The largest absolute Gasteiger partial charge is 0.378 e. The molecule has 0 spiro atoms. The number of rotatable bonds is 7. The van der Waals surface area contributed by atoms with Crippen LogP contribution in [0.25, 0.3) is 0 Å². The molecule has 0 unspecified atom stereocenters. The van der Waals surface area contributed by atoms with Crippen molar-refractivity contribution in [1.82, 2.24) is 4.90 Å². The third kappa shape index (κ3) is 5.46. The maximum Gasteiger partial charge on any atom is 0.313 e. The molecular formula is C19H29N3O3. The standard InChI is InChI=1S/C19H29N3O3/c1-3-5-11-22(10-4-2)19(24)18(23)20-16-8-6-7-9-17(16)21-12-14-25-15-13-21/h6-9H,3-5,10-15H2,1-2H3,(H,20,23). The molecule has 0 atom stereocenters. The Bertz CT molecular complexity index is 571. The fraction of sp³-hybridized carbons (Fsp3) is 0.579. The van der Waals surface area contributed by atoms with E-state index in [0.29, 0.717) is 32.0 Å². The topological polar surface area (TPSA) is 61.9 Å². The number of para-hydroxylation sites is 2. The maximum absolute atomic E-state index is 12.5. The second-order valence-electron chi connectivity index (χ2n) is 6.22. The lowest BCUT2D eigenvalue weighted by atomic mass is 10.2. The third-order valence-electron chi connectivity index (χ3n) is 4.26. The molecule has 1 aromatic rings. The second-order valence-corrected chi connectivity index (χ2v) is 6.22. The van der Waals surface area contributed by atoms with E-state index in [1.807, 2.05) is 31.2 Å². The fourth-order valence-corrected chi connectivity index (χ4v) is 2.91. The molecule has 6 heteroatoms. The summed E-state index contributed by atoms with van der Waals surface area (Å²) in [4.78, 5) is 28.8. The van der Waals surface area contributed by atoms with E-state index in [9.17, 15) is 9.59 Å². The fourth-order valence-electron chi connectivity index (χ4n) is 2.91. The summed E-state index contributed by atoms with van der Waals surface area (Å²) in [6.45, 7) is 8.22. The van der Waals surface area contributed by atoms with Crippen molar-refractivity contribution in [2.45, 2.75) is 33.1 Å². The molecule has 1 saturated heterocycles. The van der Waals surface area contributed by atoms with Crippen molar-refractivity contribution in [2.75, 3.05) is 49.6 Å². The first-order chi connectivity index (χ1) is 12.2. The van der Waals surface area contributed by atoms with Gasteiger partial charge in [0.05, 0.1) is 24.6 Å². The summed E-state index contributed by atoms with van der Waals surface area (Å²) in [6, 6.07) is 7.61. The van der Waals surface area contributed by atoms with Crippen molar-refractivity contribution < 1.29 is 14.3 Å². The number of ether oxygens (including phenoxy) is 1. The van der Waals surface area contributed by atoms with Gasteiger partial charge in [-0.05, 0) is 25.0 Å². The first-order valence-corrected chi connectivity index (χ1v) is 9.19. The van der Waals surface area contributed by atoms with Gasteiger partial charge in [0.25, 0.3) is 0 Å². The van der Waals surface area contributed by atoms with Crippen LogP contribution in [0.4, 0.5) is 11.4 Å². The molecule has 1 heterocycles. The van der Waals surface area contributed by atoms with E-state index in [1.165, 1.54) is 0 Å². The smallest absolute Gasteiger partial charge is 0.313 e. The number of anilines is 2. The predicted octanol–water partition coefficient (Wildman–Crippen LogP) is 2.50. The van der Waals surface area contributed by atoms with Gasteiger partial charge in [-0.3, -0.25) is 9.59 Å². The lowest BCUT2D eigenvalue weighted by Gasteiger charge is -2.30. The molecule has 0 aromatic heterocycles. The summed E-state index contributed by atoms with van der Waals surface area (Å²) < 4.78 is 5.39. The molecule has 0 saturated carbocycles. The summed E-state index contributed by atoms with van der Waals surface area (Å²) in [5.74, 6) is -1.02. The zero-order chi connectivity index (χ0) is 18.1. The number of nitrogens with zero attached hydrogens (tertiary/aromatic N) is 2. The Hall–Kier alpha value is -2.08. The highest BCUT2D eigenvalue weighted by molar-refractivity contribution is 6.39. The molecule has 1 aliphatic rings. The number of morpholine rings is 1. The monoisotopic (exact) mass is 347 g/mol. The van der Waals surface area contributed by atoms with E-state index in [1.54, 1.807) is 4.90 Å². The van der Waals surface area contributed by atoms with Gasteiger partial charge >= 0.3 is 11.8 Å². The van der Waals surface area contributed by atoms with Crippen LogP contribution in [-0.4, -0.2) is 56.1 Å². The van der Waals surface area contributed by atoms with Crippen LogP contribution >= 0.6 is 0 Å². The Morgan fingerprint density at radius 2 is 1.84 bits per heavy atom. The minimum absolute atomic E-state index is 0.452. The van der Waals surface area contributed by atoms with E-state index in [2.05, 4.69) is 17.1 Å². The van der Waals surface area contributed by atoms with Crippen LogP contribution in [0.2, 0.25) is 0 Å². The Morgan fingerprint density at radius 3 is 2.52 bits per heavy atom. The Kier molecular flexibility index (Phi) is 7.73. The Morgan fingerprint density at radius 1 is 1.12 bits per heavy atom. The third-order valence-corrected chi connectivity index (χ3v) is 4.26. The summed E-state index contributed by atoms with van der Waals surface area (Å²) in [5.41, 5.74) is 1.61. The molecular weight excluding hydrogens is 318 g/mol. The molecule has 0 radical (unpaired) electrons. The molecule has 2 rings (SSSR count). The SMILES string of the molecule is CCCCN(CCC)C(=O)C(=O)Nc1ccccc1N1CCOCC1. The summed E-state index contributed by atoms with van der Waals surface area (Å²) in [6.07, 6.45) is 2.74. The van der Waals surface area contributed by atoms with Crippen molar-refractivity contribution in [3.05, 3.63) is 24.3 Å². The van der Waals surface area contributed by atoms with E-state index in [4.69, 9.17) is 4.74 Å². The molecule has 0 aliphatic carbocycles. The minimum Gasteiger partial charge on any atom is -0.378 e. The van der Waals surface area contributed by atoms with E-state index in [0.717, 1.165) is 38.0 Å². The Labute approximate surface area is 150 Å². The van der Waals surface area contributed by atoms with Gasteiger partial charge < -0.3 is 19.9 Å². The molecule has 2 amide bonds. The first kappa shape index (κ1) is 19.2. The number of nitrogens with one attached hydrogen (secondary N) is 1. The highest BCUT2D eigenvalue weighted by Gasteiger charge is 2.23. The quantitative estimate of drug-likeness (QED) is 0.770. The summed E-state index contributed by atoms with van der Waals surface area (Å²) >= 11 is 0. The van der Waals surface area contributed by atoms with Gasteiger partial charge in [-0.2, -0.15) is 0 Å². The number of carbonyl (C=O) groups is 2. The van der Waals surface area contributed by atoms with Gasteiger partial charge in [0.2, 0.25) is 0 Å². The van der Waals surface area contributed by atoms with Crippen LogP contribution in [-0.2, 0) is 14.3 Å². The van der Waals surface area contributed by atoms with Gasteiger partial charge in [0.15, 0.2) is 0 Å². The average molecular weight is 347 g/mol. The number of benzene rings is 1. The number of hydrogen-bond acceptors (Lipinski definition) is 4. The highest BCUT2D eigenvalue weighted by atomic mass is 16.5. The number of hydrogen-bond donors (Lipinski definition) is 1. The normalized spacial score (nSPS) is 14.2. The molecule has 1 fully saturated rings. The van der Waals surface area contributed by atoms with Crippen LogP contribution in [0.15, 0.2) is 24.3 Å². The predicted molar refractivity (Wildman–Crippen MR) is 99.9 cm³/mol. The Balaban J connectivity index is 2.07. The molecule has 1 aromatic carbocycles. The maximum atomic E-state index is 12.5. The van der Waals surface area contributed by atoms with Crippen molar-refractivity contribution in [1.29, 1.82) is 0 Å². The molecule has 6 nitrogen and oxygen atoms in total. The lowest BCUT2D eigenvalue weighted by Crippen LogP contribution is -2.41. The highest BCUT2D eigenvalue weighted by Crippen LogP contribution is 2.26. The van der Waals surface area contributed by atoms with Crippen LogP contribution < -0.4 is 10.2 Å². The lowest BCUT2D eigenvalue weighted by molar-refractivity contribution is -0.143. The average Bonchev–Trinajstić information content (AvgIpc) is 2.65. The van der Waals surface area contributed by atoms with E-state index < -0.39 is 11.8 Å². The van der Waals surface area contributed by atoms with Crippen LogP contribution in [0.1, 0.15) is 33.1 Å². The minimum atomic E-state index is -0.565. The molecule has 1 N–H and O–H groups in total. The van der Waals surface area contributed by atoms with Crippen LogP contribution in [0, 0.1) is 0 Å². The first-order valence-electron chi connectivity index (χ1n) is 9.19. The van der Waals surface area contributed by atoms with Crippen molar-refractivity contribution in [2.24, 2.45) is 0 Å². The molecule has 1 aliphatic heterocycles. The van der Waals surface area contributed by atoms with Crippen molar-refractivity contribution in [3.8, 4) is 0 Å². The van der Waals surface area contributed by atoms with Gasteiger partial charge in [0, 0.05) is 26.2 Å².